The molecule has 1 heterocycles. The van der Waals surface area contributed by atoms with Crippen LogP contribution in [0.5, 0.6) is 0 Å². The molecule has 0 atom stereocenters. The molecule has 0 aromatic rings. The highest BCUT2D eigenvalue weighted by Gasteiger charge is 1.72. The molecule has 0 saturated heterocycles. The van der Waals surface area contributed by atoms with Gasteiger partial charge in [-0.05, 0) is 6.08 Å². The summed E-state index contributed by atoms with van der Waals surface area (Å²) in [6.45, 7) is 0.889. The minimum atomic E-state index is 0. The summed E-state index contributed by atoms with van der Waals surface area (Å²) in [5.74, 6) is 0. The molecule has 0 amide bonds. The lowest BCUT2D eigenvalue weighted by atomic mass is 10.6. The van der Waals surface area contributed by atoms with E-state index >= 15 is 0 Å². The third-order valence-corrected chi connectivity index (χ3v) is 0.538. The molecule has 1 nitrogen and oxygen atoms in total. The van der Waals surface area contributed by atoms with E-state index in [1.54, 1.807) is 6.21 Å². The van der Waals surface area contributed by atoms with Gasteiger partial charge in [0.15, 0.2) is 0 Å². The van der Waals surface area contributed by atoms with Crippen molar-refractivity contribution in [2.75, 3.05) is 6.54 Å². The predicted molar refractivity (Wildman–Crippen MR) is 28.3 cm³/mol. The molecule has 0 aromatic carbocycles. The number of aliphatic imine (C=N–C) groups is 1. The van der Waals surface area contributed by atoms with Crippen LogP contribution in [0.3, 0.4) is 0 Å². The van der Waals surface area contributed by atoms with Crippen LogP contribution >= 0.6 is 0 Å². The zero-order valence-corrected chi connectivity index (χ0v) is 3.46. The lowest BCUT2D eigenvalue weighted by molar-refractivity contribution is 1.29. The molecule has 0 bridgehead atoms. The maximum atomic E-state index is 3.85. The van der Waals surface area contributed by atoms with E-state index in [1.807, 2.05) is 12.2 Å². The smallest absolute Gasteiger partial charge is 0.0573 e. The van der Waals surface area contributed by atoms with Crippen LogP contribution in [0, 0.1) is 0 Å². The maximum Gasteiger partial charge on any atom is 0.0573 e. The average molecular weight is 77.9 g/mol. The molecule has 0 N–H and O–H groups in total. The first-order valence-electron chi connectivity index (χ1n) is 1.65. The highest BCUT2D eigenvalue weighted by Crippen LogP contribution is 1.78. The minimum Gasteiger partial charge on any atom is -0.289 e. The normalized spacial score (nSPS) is 14.7. The van der Waals surface area contributed by atoms with Gasteiger partial charge in [0.2, 0.25) is 0 Å². The van der Waals surface area contributed by atoms with Gasteiger partial charge in [-0.1, -0.05) is 6.08 Å². The number of hydrogen-bond acceptors (Lipinski definition) is 1. The standard InChI is InChI=1S/C4H5N.B/c1-2-4-5-3-1;/h1-3H,4H2;. The van der Waals surface area contributed by atoms with E-state index in [4.69, 9.17) is 0 Å². The second kappa shape index (κ2) is 2.70. The van der Waals surface area contributed by atoms with E-state index in [1.165, 1.54) is 0 Å². The zero-order valence-electron chi connectivity index (χ0n) is 3.46. The summed E-state index contributed by atoms with van der Waals surface area (Å²) < 4.78 is 0. The van der Waals surface area contributed by atoms with Crippen molar-refractivity contribution in [2.45, 2.75) is 0 Å². The summed E-state index contributed by atoms with van der Waals surface area (Å²) in [5, 5.41) is 0. The Hall–Kier alpha value is -0.525. The summed E-state index contributed by atoms with van der Waals surface area (Å²) in [7, 11) is 0. The van der Waals surface area contributed by atoms with Crippen molar-refractivity contribution in [1.82, 2.24) is 0 Å². The van der Waals surface area contributed by atoms with Crippen LogP contribution in [-0.2, 0) is 0 Å². The van der Waals surface area contributed by atoms with E-state index in [2.05, 4.69) is 4.99 Å². The lowest BCUT2D eigenvalue weighted by Gasteiger charge is -1.60. The molecule has 0 unspecified atom stereocenters. The van der Waals surface area contributed by atoms with Crippen LogP contribution < -0.4 is 0 Å². The van der Waals surface area contributed by atoms with Crippen molar-refractivity contribution in [3.63, 3.8) is 0 Å². The SMILES string of the molecule is C1=CCN=C1.[B]. The highest BCUT2D eigenvalue weighted by molar-refractivity contribution is 5.75. The van der Waals surface area contributed by atoms with Crippen molar-refractivity contribution in [3.8, 4) is 0 Å². The molecule has 0 fully saturated rings. The third kappa shape index (κ3) is 1.06. The summed E-state index contributed by atoms with van der Waals surface area (Å²) in [6, 6.07) is 0. The van der Waals surface area contributed by atoms with Crippen molar-refractivity contribution in [3.05, 3.63) is 12.2 Å². The Labute approximate surface area is 39.4 Å². The Kier molecular flexibility index (Phi) is 2.46. The van der Waals surface area contributed by atoms with Crippen LogP contribution in [0.25, 0.3) is 0 Å². The molecule has 6 heavy (non-hydrogen) atoms. The number of allylic oxidation sites excluding steroid dienone is 1. The molecule has 0 saturated carbocycles. The van der Waals surface area contributed by atoms with Gasteiger partial charge in [0.05, 0.1) is 6.54 Å². The van der Waals surface area contributed by atoms with Gasteiger partial charge < -0.3 is 0 Å². The Morgan fingerprint density at radius 1 is 1.50 bits per heavy atom. The van der Waals surface area contributed by atoms with Gasteiger partial charge in [0.25, 0.3) is 0 Å². The van der Waals surface area contributed by atoms with Gasteiger partial charge in [-0.15, -0.1) is 0 Å². The first-order valence-corrected chi connectivity index (χ1v) is 1.65. The molecule has 1 aliphatic rings. The van der Waals surface area contributed by atoms with Crippen molar-refractivity contribution in [1.29, 1.82) is 0 Å². The minimum absolute atomic E-state index is 0. The quantitative estimate of drug-likeness (QED) is 0.368. The van der Waals surface area contributed by atoms with E-state index in [-0.39, 0.29) is 8.41 Å². The van der Waals surface area contributed by atoms with Crippen molar-refractivity contribution < 1.29 is 0 Å². The van der Waals surface area contributed by atoms with Crippen LogP contribution in [-0.4, -0.2) is 21.2 Å². The van der Waals surface area contributed by atoms with E-state index in [0.717, 1.165) is 6.54 Å². The van der Waals surface area contributed by atoms with E-state index in [9.17, 15) is 0 Å². The van der Waals surface area contributed by atoms with Gasteiger partial charge in [0, 0.05) is 14.6 Å². The molecular formula is C4H5BN. The third-order valence-electron chi connectivity index (χ3n) is 0.538. The van der Waals surface area contributed by atoms with Crippen LogP contribution in [0.2, 0.25) is 0 Å². The van der Waals surface area contributed by atoms with E-state index in [0.29, 0.717) is 0 Å². The average Bonchev–Trinajstić information content (AvgIpc) is 1.76. The summed E-state index contributed by atoms with van der Waals surface area (Å²) >= 11 is 0. The molecule has 2 heteroatoms. The van der Waals surface area contributed by atoms with E-state index < -0.39 is 0 Å². The highest BCUT2D eigenvalue weighted by atomic mass is 14.7. The van der Waals surface area contributed by atoms with Gasteiger partial charge in [-0.2, -0.15) is 0 Å². The number of nitrogens with zero attached hydrogens (tertiary/aromatic N) is 1. The first kappa shape index (κ1) is 5.47. The molecular weight excluding hydrogens is 72.9 g/mol. The Bertz CT molecular complexity index is 65.6. The molecule has 29 valence electrons. The lowest BCUT2D eigenvalue weighted by Crippen LogP contribution is -1.54. The fraction of sp³-hybridized carbons (Fsp3) is 0.250. The fourth-order valence-corrected chi connectivity index (χ4v) is 0.304. The van der Waals surface area contributed by atoms with Gasteiger partial charge in [-0.25, -0.2) is 0 Å². The molecule has 0 aliphatic carbocycles. The fourth-order valence-electron chi connectivity index (χ4n) is 0.304. The zero-order chi connectivity index (χ0) is 3.54. The largest absolute Gasteiger partial charge is 0.289 e. The van der Waals surface area contributed by atoms with Gasteiger partial charge >= 0.3 is 0 Å². The molecule has 1 rings (SSSR count). The number of rotatable bonds is 0. The topological polar surface area (TPSA) is 12.4 Å². The van der Waals surface area contributed by atoms with Gasteiger partial charge in [-0.3, -0.25) is 4.99 Å². The van der Waals surface area contributed by atoms with Crippen LogP contribution in [0.4, 0.5) is 0 Å². The van der Waals surface area contributed by atoms with Crippen molar-refractivity contribution in [2.24, 2.45) is 4.99 Å². The second-order valence-electron chi connectivity index (χ2n) is 0.942. The monoisotopic (exact) mass is 78.1 g/mol. The Balaban J connectivity index is 0.000000250. The Morgan fingerprint density at radius 2 is 2.33 bits per heavy atom. The van der Waals surface area contributed by atoms with Gasteiger partial charge in [0.1, 0.15) is 0 Å². The summed E-state index contributed by atoms with van der Waals surface area (Å²) in [4.78, 5) is 3.85. The van der Waals surface area contributed by atoms with Crippen LogP contribution in [0.1, 0.15) is 0 Å². The van der Waals surface area contributed by atoms with Crippen LogP contribution in [0.15, 0.2) is 17.1 Å². The summed E-state index contributed by atoms with van der Waals surface area (Å²) in [6.07, 6.45) is 5.76. The predicted octanol–water partition coefficient (Wildman–Crippen LogP) is 0.246. The molecule has 3 radical (unpaired) electrons. The maximum absolute atomic E-state index is 3.85. The molecule has 1 aliphatic heterocycles. The van der Waals surface area contributed by atoms with Crippen molar-refractivity contribution >= 4 is 14.6 Å². The summed E-state index contributed by atoms with van der Waals surface area (Å²) in [5.41, 5.74) is 0. The molecule has 0 spiro atoms. The first-order chi connectivity index (χ1) is 2.50. The molecule has 0 aromatic heterocycles. The second-order valence-corrected chi connectivity index (χ2v) is 0.942. The number of hydrogen-bond donors (Lipinski definition) is 0. The Morgan fingerprint density at radius 3 is 2.50 bits per heavy atom.